The van der Waals surface area contributed by atoms with Gasteiger partial charge in [0.2, 0.25) is 0 Å². The van der Waals surface area contributed by atoms with Crippen molar-refractivity contribution >= 4 is 10.9 Å². The molecule has 2 rings (SSSR count). The predicted molar refractivity (Wildman–Crippen MR) is 52.3 cm³/mol. The highest BCUT2D eigenvalue weighted by Crippen LogP contribution is 2.24. The van der Waals surface area contributed by atoms with E-state index in [1.165, 1.54) is 0 Å². The molecule has 0 saturated carbocycles. The third-order valence-corrected chi connectivity index (χ3v) is 2.28. The van der Waals surface area contributed by atoms with Crippen molar-refractivity contribution in [2.75, 3.05) is 0 Å². The lowest BCUT2D eigenvalue weighted by atomic mass is 10.0. The van der Waals surface area contributed by atoms with Gasteiger partial charge < -0.3 is 4.98 Å². The molecule has 0 radical (unpaired) electrons. The molecule has 0 saturated heterocycles. The van der Waals surface area contributed by atoms with Crippen molar-refractivity contribution in [3.05, 3.63) is 36.0 Å². The number of hydrogen-bond donors (Lipinski definition) is 1. The molecule has 1 aromatic heterocycles. The Morgan fingerprint density at radius 1 is 1.38 bits per heavy atom. The molecule has 1 aromatic carbocycles. The molecule has 1 heterocycles. The van der Waals surface area contributed by atoms with E-state index in [9.17, 15) is 0 Å². The van der Waals surface area contributed by atoms with Gasteiger partial charge in [0.05, 0.1) is 12.0 Å². The van der Waals surface area contributed by atoms with Gasteiger partial charge in [-0.05, 0) is 18.6 Å². The Bertz CT molecular complexity index is 462. The number of H-pyrrole nitrogens is 1. The number of para-hydroxylation sites is 1. The van der Waals surface area contributed by atoms with E-state index in [4.69, 9.17) is 5.26 Å². The Labute approximate surface area is 76.8 Å². The van der Waals surface area contributed by atoms with E-state index in [-0.39, 0.29) is 5.92 Å². The molecule has 0 bridgehead atoms. The van der Waals surface area contributed by atoms with Gasteiger partial charge in [0.15, 0.2) is 0 Å². The van der Waals surface area contributed by atoms with Crippen LogP contribution < -0.4 is 0 Å². The van der Waals surface area contributed by atoms with E-state index in [0.29, 0.717) is 0 Å². The van der Waals surface area contributed by atoms with Gasteiger partial charge in [0, 0.05) is 17.1 Å². The molecule has 1 N–H and O–H groups in total. The van der Waals surface area contributed by atoms with Gasteiger partial charge >= 0.3 is 0 Å². The number of fused-ring (bicyclic) bond motifs is 1. The standard InChI is InChI=1S/C11H10N2/c1-8(6-12)10-7-13-11-5-3-2-4-9(10)11/h2-5,7-8,13H,1H3/t8-/m0/s1. The fourth-order valence-electron chi connectivity index (χ4n) is 1.52. The van der Waals surface area contributed by atoms with Crippen LogP contribution in [0.25, 0.3) is 10.9 Å². The maximum absolute atomic E-state index is 8.80. The normalized spacial score (nSPS) is 12.6. The van der Waals surface area contributed by atoms with E-state index < -0.39 is 0 Å². The minimum absolute atomic E-state index is 0.0452. The first-order valence-electron chi connectivity index (χ1n) is 4.28. The van der Waals surface area contributed by atoms with Crippen molar-refractivity contribution in [3.8, 4) is 6.07 Å². The summed E-state index contributed by atoms with van der Waals surface area (Å²) in [6.45, 7) is 1.91. The van der Waals surface area contributed by atoms with Crippen molar-refractivity contribution in [1.82, 2.24) is 4.98 Å². The lowest BCUT2D eigenvalue weighted by Gasteiger charge is -1.98. The van der Waals surface area contributed by atoms with Gasteiger partial charge in [0.25, 0.3) is 0 Å². The molecule has 2 nitrogen and oxygen atoms in total. The van der Waals surface area contributed by atoms with Crippen LogP contribution in [0.4, 0.5) is 0 Å². The summed E-state index contributed by atoms with van der Waals surface area (Å²) in [5.41, 5.74) is 2.18. The molecular formula is C11H10N2. The summed E-state index contributed by atoms with van der Waals surface area (Å²) >= 11 is 0. The van der Waals surface area contributed by atoms with E-state index in [1.807, 2.05) is 37.4 Å². The van der Waals surface area contributed by atoms with Crippen LogP contribution in [0.3, 0.4) is 0 Å². The number of nitrogens with one attached hydrogen (secondary N) is 1. The first-order valence-corrected chi connectivity index (χ1v) is 4.28. The molecule has 2 aromatic rings. The van der Waals surface area contributed by atoms with Gasteiger partial charge in [-0.2, -0.15) is 5.26 Å². The summed E-state index contributed by atoms with van der Waals surface area (Å²) < 4.78 is 0. The minimum atomic E-state index is -0.0452. The molecular weight excluding hydrogens is 160 g/mol. The lowest BCUT2D eigenvalue weighted by molar-refractivity contribution is 0.993. The summed E-state index contributed by atoms with van der Waals surface area (Å²) in [5, 5.41) is 9.95. The van der Waals surface area contributed by atoms with E-state index in [0.717, 1.165) is 16.5 Å². The highest BCUT2D eigenvalue weighted by atomic mass is 14.7. The highest BCUT2D eigenvalue weighted by molar-refractivity contribution is 5.83. The van der Waals surface area contributed by atoms with Crippen molar-refractivity contribution in [3.63, 3.8) is 0 Å². The maximum Gasteiger partial charge on any atom is 0.0705 e. The summed E-state index contributed by atoms with van der Waals surface area (Å²) in [6.07, 6.45) is 1.92. The van der Waals surface area contributed by atoms with Gasteiger partial charge in [-0.25, -0.2) is 0 Å². The van der Waals surface area contributed by atoms with Crippen LogP contribution >= 0.6 is 0 Å². The molecule has 0 spiro atoms. The first kappa shape index (κ1) is 7.88. The summed E-state index contributed by atoms with van der Waals surface area (Å²) in [7, 11) is 0. The Hall–Kier alpha value is -1.75. The number of aromatic amines is 1. The second-order valence-electron chi connectivity index (χ2n) is 3.14. The van der Waals surface area contributed by atoms with Crippen molar-refractivity contribution in [1.29, 1.82) is 5.26 Å². The summed E-state index contributed by atoms with van der Waals surface area (Å²) in [6, 6.07) is 10.3. The van der Waals surface area contributed by atoms with E-state index in [2.05, 4.69) is 11.1 Å². The molecule has 1 atom stereocenters. The van der Waals surface area contributed by atoms with Crippen molar-refractivity contribution < 1.29 is 0 Å². The summed E-state index contributed by atoms with van der Waals surface area (Å²) in [4.78, 5) is 3.15. The zero-order chi connectivity index (χ0) is 9.26. The summed E-state index contributed by atoms with van der Waals surface area (Å²) in [5.74, 6) is -0.0452. The van der Waals surface area contributed by atoms with Gasteiger partial charge in [-0.3, -0.25) is 0 Å². The zero-order valence-corrected chi connectivity index (χ0v) is 7.41. The average Bonchev–Trinajstić information content (AvgIpc) is 2.60. The fourth-order valence-corrected chi connectivity index (χ4v) is 1.52. The molecule has 0 aliphatic carbocycles. The van der Waals surface area contributed by atoms with Gasteiger partial charge in [0.1, 0.15) is 0 Å². The van der Waals surface area contributed by atoms with Crippen molar-refractivity contribution in [2.24, 2.45) is 0 Å². The topological polar surface area (TPSA) is 39.6 Å². The maximum atomic E-state index is 8.80. The molecule has 2 heteroatoms. The SMILES string of the molecule is C[C@@H](C#N)c1c[nH]c2ccccc12. The molecule has 0 aliphatic rings. The number of nitriles is 1. The van der Waals surface area contributed by atoms with Crippen LogP contribution in [-0.4, -0.2) is 4.98 Å². The zero-order valence-electron chi connectivity index (χ0n) is 7.41. The van der Waals surface area contributed by atoms with Crippen LogP contribution in [0, 0.1) is 11.3 Å². The second kappa shape index (κ2) is 2.95. The van der Waals surface area contributed by atoms with Crippen LogP contribution in [0.5, 0.6) is 0 Å². The third kappa shape index (κ3) is 1.19. The Kier molecular flexibility index (Phi) is 1.79. The largest absolute Gasteiger partial charge is 0.361 e. The predicted octanol–water partition coefficient (Wildman–Crippen LogP) is 2.79. The number of benzene rings is 1. The van der Waals surface area contributed by atoms with Crippen LogP contribution in [-0.2, 0) is 0 Å². The monoisotopic (exact) mass is 170 g/mol. The average molecular weight is 170 g/mol. The van der Waals surface area contributed by atoms with E-state index >= 15 is 0 Å². The molecule has 0 fully saturated rings. The van der Waals surface area contributed by atoms with Crippen LogP contribution in [0.1, 0.15) is 18.4 Å². The van der Waals surface area contributed by atoms with Gasteiger partial charge in [-0.1, -0.05) is 18.2 Å². The molecule has 0 unspecified atom stereocenters. The first-order chi connectivity index (χ1) is 6.33. The quantitative estimate of drug-likeness (QED) is 0.702. The minimum Gasteiger partial charge on any atom is -0.361 e. The Morgan fingerprint density at radius 3 is 2.92 bits per heavy atom. The molecule has 13 heavy (non-hydrogen) atoms. The lowest BCUT2D eigenvalue weighted by Crippen LogP contribution is -1.85. The molecule has 0 amide bonds. The smallest absolute Gasteiger partial charge is 0.0705 e. The Morgan fingerprint density at radius 2 is 2.15 bits per heavy atom. The highest BCUT2D eigenvalue weighted by Gasteiger charge is 2.08. The molecule has 64 valence electrons. The van der Waals surface area contributed by atoms with E-state index in [1.54, 1.807) is 0 Å². The second-order valence-corrected chi connectivity index (χ2v) is 3.14. The molecule has 0 aliphatic heterocycles. The third-order valence-electron chi connectivity index (χ3n) is 2.28. The van der Waals surface area contributed by atoms with Crippen LogP contribution in [0.15, 0.2) is 30.5 Å². The number of rotatable bonds is 1. The van der Waals surface area contributed by atoms with Crippen molar-refractivity contribution in [2.45, 2.75) is 12.8 Å². The Balaban J connectivity index is 2.66. The number of aromatic nitrogens is 1. The fraction of sp³-hybridized carbons (Fsp3) is 0.182. The van der Waals surface area contributed by atoms with Crippen LogP contribution in [0.2, 0.25) is 0 Å². The van der Waals surface area contributed by atoms with Gasteiger partial charge in [-0.15, -0.1) is 0 Å². The number of nitrogens with zero attached hydrogens (tertiary/aromatic N) is 1. The number of hydrogen-bond acceptors (Lipinski definition) is 1.